The highest BCUT2D eigenvalue weighted by molar-refractivity contribution is 5.84. The van der Waals surface area contributed by atoms with E-state index in [0.717, 1.165) is 18.4 Å². The quantitative estimate of drug-likeness (QED) is 0.596. The summed E-state index contributed by atoms with van der Waals surface area (Å²) in [5.41, 5.74) is -1.17. The molecule has 2 aromatic rings. The van der Waals surface area contributed by atoms with E-state index in [0.29, 0.717) is 0 Å². The predicted octanol–water partition coefficient (Wildman–Crippen LogP) is 1.92. The van der Waals surface area contributed by atoms with Crippen LogP contribution in [0.5, 0.6) is 0 Å². The Bertz CT molecular complexity index is 691. The zero-order chi connectivity index (χ0) is 13.1. The fourth-order valence-corrected chi connectivity index (χ4v) is 2.24. The topological polar surface area (TPSA) is 51.2 Å². The average Bonchev–Trinajstić information content (AvgIpc) is 2.60. The molecule has 94 valence electrons. The van der Waals surface area contributed by atoms with Crippen molar-refractivity contribution in [1.82, 2.24) is 0 Å². The van der Waals surface area contributed by atoms with Crippen molar-refractivity contribution in [2.24, 2.45) is 0 Å². The van der Waals surface area contributed by atoms with E-state index in [1.54, 1.807) is 12.1 Å². The summed E-state index contributed by atoms with van der Waals surface area (Å²) < 4.78 is 0. The summed E-state index contributed by atoms with van der Waals surface area (Å²) in [7, 11) is 0. The number of hydrogen-bond donors (Lipinski definition) is 0. The van der Waals surface area contributed by atoms with E-state index in [2.05, 4.69) is 6.92 Å². The van der Waals surface area contributed by atoms with Gasteiger partial charge in [-0.1, -0.05) is 32.3 Å². The molecule has 0 aliphatic carbocycles. The van der Waals surface area contributed by atoms with Gasteiger partial charge in [0, 0.05) is 10.8 Å². The summed E-state index contributed by atoms with van der Waals surface area (Å²) in [5, 5.41) is 0.556. The molecule has 0 amide bonds. The normalized spacial score (nSPS) is 11.2. The van der Waals surface area contributed by atoms with Gasteiger partial charge in [0.1, 0.15) is 0 Å². The fourth-order valence-electron chi connectivity index (χ4n) is 2.24. The van der Waals surface area contributed by atoms with E-state index >= 15 is 0 Å². The van der Waals surface area contributed by atoms with Gasteiger partial charge < -0.3 is 0 Å². The molecular weight excluding hydrogens is 228 g/mol. The second-order valence-corrected chi connectivity index (χ2v) is 4.68. The highest BCUT2D eigenvalue weighted by atomic mass is 16.2. The zero-order valence-electron chi connectivity index (χ0n) is 10.5. The SMILES string of the molecule is CCCCCCc1ccc2c(=O)c(=O)c(=O)c2c1. The van der Waals surface area contributed by atoms with E-state index in [1.165, 1.54) is 19.3 Å². The van der Waals surface area contributed by atoms with Crippen molar-refractivity contribution in [2.45, 2.75) is 39.0 Å². The van der Waals surface area contributed by atoms with Gasteiger partial charge in [-0.15, -0.1) is 0 Å². The molecule has 3 nitrogen and oxygen atoms in total. The van der Waals surface area contributed by atoms with Crippen LogP contribution in [0.3, 0.4) is 0 Å². The first-order chi connectivity index (χ1) is 8.65. The summed E-state index contributed by atoms with van der Waals surface area (Å²) in [6.07, 6.45) is 5.53. The van der Waals surface area contributed by atoms with E-state index in [-0.39, 0.29) is 10.8 Å². The van der Waals surface area contributed by atoms with Crippen LogP contribution in [0.4, 0.5) is 0 Å². The Morgan fingerprint density at radius 2 is 1.56 bits per heavy atom. The molecule has 0 heterocycles. The molecule has 0 saturated heterocycles. The number of unbranched alkanes of at least 4 members (excludes halogenated alkanes) is 3. The summed E-state index contributed by atoms with van der Waals surface area (Å²) in [6, 6.07) is 5.15. The molecule has 18 heavy (non-hydrogen) atoms. The highest BCUT2D eigenvalue weighted by Gasteiger charge is 2.12. The monoisotopic (exact) mass is 244 g/mol. The third kappa shape index (κ3) is 2.26. The number of benzene rings is 1. The summed E-state index contributed by atoms with van der Waals surface area (Å²) in [5.74, 6) is 0. The van der Waals surface area contributed by atoms with Crippen LogP contribution in [0.2, 0.25) is 0 Å². The first-order valence-corrected chi connectivity index (χ1v) is 6.41. The predicted molar refractivity (Wildman–Crippen MR) is 73.0 cm³/mol. The van der Waals surface area contributed by atoms with Crippen LogP contribution < -0.4 is 16.3 Å². The summed E-state index contributed by atoms with van der Waals surface area (Å²) in [6.45, 7) is 2.16. The first kappa shape index (κ1) is 12.7. The second-order valence-electron chi connectivity index (χ2n) is 4.68. The minimum Gasteiger partial charge on any atom is -0.285 e. The molecule has 0 unspecified atom stereocenters. The van der Waals surface area contributed by atoms with Gasteiger partial charge in [-0.3, -0.25) is 14.4 Å². The molecule has 0 radical (unpaired) electrons. The Labute approximate surface area is 105 Å². The van der Waals surface area contributed by atoms with Gasteiger partial charge in [0.2, 0.25) is 10.9 Å². The molecule has 2 rings (SSSR count). The van der Waals surface area contributed by atoms with Gasteiger partial charge in [0.05, 0.1) is 0 Å². The molecule has 0 spiro atoms. The van der Waals surface area contributed by atoms with Crippen LogP contribution in [-0.2, 0) is 6.42 Å². The van der Waals surface area contributed by atoms with E-state index < -0.39 is 16.3 Å². The Balaban J connectivity index is 2.28. The lowest BCUT2D eigenvalue weighted by Gasteiger charge is -2.01. The smallest absolute Gasteiger partial charge is 0.273 e. The maximum atomic E-state index is 11.6. The van der Waals surface area contributed by atoms with Crippen LogP contribution in [0, 0.1) is 0 Å². The lowest BCUT2D eigenvalue weighted by molar-refractivity contribution is 0.667. The van der Waals surface area contributed by atoms with Crippen molar-refractivity contribution in [3.8, 4) is 0 Å². The fraction of sp³-hybridized carbons (Fsp3) is 0.400. The molecule has 0 bridgehead atoms. The molecule has 0 aliphatic rings. The van der Waals surface area contributed by atoms with Gasteiger partial charge >= 0.3 is 0 Å². The summed E-state index contributed by atoms with van der Waals surface area (Å²) in [4.78, 5) is 34.3. The Morgan fingerprint density at radius 1 is 0.833 bits per heavy atom. The third-order valence-electron chi connectivity index (χ3n) is 3.30. The van der Waals surface area contributed by atoms with Crippen molar-refractivity contribution in [1.29, 1.82) is 0 Å². The maximum Gasteiger partial charge on any atom is 0.273 e. The van der Waals surface area contributed by atoms with Gasteiger partial charge in [0.15, 0.2) is 0 Å². The number of rotatable bonds is 5. The first-order valence-electron chi connectivity index (χ1n) is 6.41. The molecule has 0 aliphatic heterocycles. The standard InChI is InChI=1S/C15H16O3/c1-2-3-4-5-6-10-7-8-11-12(9-10)14(17)15(18)13(11)16/h7-9H,2-6H2,1H3. The minimum atomic E-state index is -0.895. The maximum absolute atomic E-state index is 11.6. The van der Waals surface area contributed by atoms with Crippen LogP contribution in [-0.4, -0.2) is 0 Å². The van der Waals surface area contributed by atoms with Crippen molar-refractivity contribution >= 4 is 10.8 Å². The molecular formula is C15H16O3. The minimum absolute atomic E-state index is 0.266. The van der Waals surface area contributed by atoms with Gasteiger partial charge in [0.25, 0.3) is 5.43 Å². The zero-order valence-corrected chi connectivity index (χ0v) is 10.5. The molecule has 0 aromatic heterocycles. The number of fused-ring (bicyclic) bond motifs is 1. The van der Waals surface area contributed by atoms with E-state index in [1.807, 2.05) is 6.07 Å². The van der Waals surface area contributed by atoms with Crippen LogP contribution in [0.25, 0.3) is 10.8 Å². The van der Waals surface area contributed by atoms with Crippen molar-refractivity contribution < 1.29 is 0 Å². The van der Waals surface area contributed by atoms with Crippen molar-refractivity contribution in [3.05, 3.63) is 54.4 Å². The van der Waals surface area contributed by atoms with Crippen molar-refractivity contribution in [2.75, 3.05) is 0 Å². The van der Waals surface area contributed by atoms with Gasteiger partial charge in [-0.2, -0.15) is 0 Å². The van der Waals surface area contributed by atoms with Crippen LogP contribution >= 0.6 is 0 Å². The van der Waals surface area contributed by atoms with Crippen molar-refractivity contribution in [3.63, 3.8) is 0 Å². The van der Waals surface area contributed by atoms with Crippen LogP contribution in [0.1, 0.15) is 38.2 Å². The highest BCUT2D eigenvalue weighted by Crippen LogP contribution is 2.12. The Kier molecular flexibility index (Phi) is 3.70. The average molecular weight is 244 g/mol. The number of aryl methyl sites for hydroxylation is 1. The molecule has 0 saturated carbocycles. The van der Waals surface area contributed by atoms with Gasteiger partial charge in [-0.05, 0) is 30.5 Å². The Morgan fingerprint density at radius 3 is 2.28 bits per heavy atom. The van der Waals surface area contributed by atoms with E-state index in [4.69, 9.17) is 0 Å². The molecule has 0 fully saturated rings. The van der Waals surface area contributed by atoms with Gasteiger partial charge in [-0.25, -0.2) is 0 Å². The van der Waals surface area contributed by atoms with Crippen LogP contribution in [0.15, 0.2) is 32.6 Å². The molecule has 0 atom stereocenters. The molecule has 2 aromatic carbocycles. The largest absolute Gasteiger partial charge is 0.285 e. The third-order valence-corrected chi connectivity index (χ3v) is 3.30. The van der Waals surface area contributed by atoms with E-state index in [9.17, 15) is 14.4 Å². The molecule has 0 N–H and O–H groups in total. The Hall–Kier alpha value is -1.77. The lowest BCUT2D eigenvalue weighted by Crippen LogP contribution is -2.29. The second kappa shape index (κ2) is 5.25. The lowest BCUT2D eigenvalue weighted by atomic mass is 10.0. The number of hydrogen-bond acceptors (Lipinski definition) is 3. The summed E-state index contributed by atoms with van der Waals surface area (Å²) >= 11 is 0. The molecule has 3 heteroatoms.